The van der Waals surface area contributed by atoms with E-state index < -0.39 is 0 Å². The molecule has 0 aromatic heterocycles. The van der Waals surface area contributed by atoms with E-state index in [1.807, 2.05) is 70.2 Å². The number of hydrogen-bond acceptors (Lipinski definition) is 4. The molecule has 0 saturated heterocycles. The second kappa shape index (κ2) is 10.8. The van der Waals surface area contributed by atoms with E-state index in [0.29, 0.717) is 12.2 Å². The Balaban J connectivity index is 2.02. The van der Waals surface area contributed by atoms with Crippen molar-refractivity contribution in [2.75, 3.05) is 12.4 Å². The lowest BCUT2D eigenvalue weighted by Gasteiger charge is -2.16. The first-order valence-corrected chi connectivity index (χ1v) is 10.4. The fourth-order valence-corrected chi connectivity index (χ4v) is 3.53. The Morgan fingerprint density at radius 3 is 2.32 bits per heavy atom. The largest absolute Gasteiger partial charge is 0.494 e. The molecule has 2 aromatic carbocycles. The van der Waals surface area contributed by atoms with Gasteiger partial charge in [-0.1, -0.05) is 24.3 Å². The highest BCUT2D eigenvalue weighted by molar-refractivity contribution is 8.00. The summed E-state index contributed by atoms with van der Waals surface area (Å²) in [6.45, 7) is 8.35. The summed E-state index contributed by atoms with van der Waals surface area (Å²) >= 11 is 1.37. The van der Waals surface area contributed by atoms with Crippen molar-refractivity contribution in [3.63, 3.8) is 0 Å². The zero-order valence-electron chi connectivity index (χ0n) is 16.8. The van der Waals surface area contributed by atoms with Gasteiger partial charge >= 0.3 is 0 Å². The number of carbonyl (C=O) groups excluding carboxylic acids is 2. The third-order valence-electron chi connectivity index (χ3n) is 3.98. The molecule has 0 saturated carbocycles. The summed E-state index contributed by atoms with van der Waals surface area (Å²) in [5.41, 5.74) is 1.57. The number of benzene rings is 2. The van der Waals surface area contributed by atoms with Crippen LogP contribution in [0.15, 0.2) is 53.4 Å². The van der Waals surface area contributed by atoms with E-state index in [4.69, 9.17) is 4.74 Å². The predicted octanol–water partition coefficient (Wildman–Crippen LogP) is 4.19. The van der Waals surface area contributed by atoms with Gasteiger partial charge in [0.25, 0.3) is 5.91 Å². The maximum absolute atomic E-state index is 12.8. The van der Waals surface area contributed by atoms with Gasteiger partial charge in [0.1, 0.15) is 5.75 Å². The smallest absolute Gasteiger partial charge is 0.252 e. The molecule has 1 atom stereocenters. The maximum atomic E-state index is 12.8. The summed E-state index contributed by atoms with van der Waals surface area (Å²) in [7, 11) is 0. The third kappa shape index (κ3) is 6.60. The minimum Gasteiger partial charge on any atom is -0.494 e. The lowest BCUT2D eigenvalue weighted by Crippen LogP contribution is -2.31. The number of rotatable bonds is 9. The van der Waals surface area contributed by atoms with Gasteiger partial charge in [0.15, 0.2) is 0 Å². The number of thioether (sulfide) groups is 1. The van der Waals surface area contributed by atoms with Crippen molar-refractivity contribution in [3.8, 4) is 5.75 Å². The lowest BCUT2D eigenvalue weighted by molar-refractivity contribution is -0.119. The first-order valence-electron chi connectivity index (χ1n) is 9.45. The molecule has 5 nitrogen and oxygen atoms in total. The first-order chi connectivity index (χ1) is 13.4. The average molecular weight is 401 g/mol. The number of hydrogen-bond donors (Lipinski definition) is 2. The van der Waals surface area contributed by atoms with E-state index in [-0.39, 0.29) is 29.7 Å². The standard InChI is InChI=1S/C22H28N2O3S/c1-5-27-18-12-10-17(11-13-18)16(4)24-22(26)19-8-6-7-9-20(19)28-14-21(25)23-15(2)3/h6-13,15-16H,5,14H2,1-4H3,(H,23,25)(H,24,26). The van der Waals surface area contributed by atoms with E-state index in [9.17, 15) is 9.59 Å². The predicted molar refractivity (Wildman–Crippen MR) is 114 cm³/mol. The van der Waals surface area contributed by atoms with E-state index in [0.717, 1.165) is 16.2 Å². The Morgan fingerprint density at radius 2 is 1.68 bits per heavy atom. The summed E-state index contributed by atoms with van der Waals surface area (Å²) in [6.07, 6.45) is 0. The Labute approximate surface area is 171 Å². The van der Waals surface area contributed by atoms with Crippen molar-refractivity contribution in [2.45, 2.75) is 44.7 Å². The van der Waals surface area contributed by atoms with E-state index in [2.05, 4.69) is 10.6 Å². The van der Waals surface area contributed by atoms with E-state index in [1.165, 1.54) is 11.8 Å². The van der Waals surface area contributed by atoms with Crippen LogP contribution in [0.25, 0.3) is 0 Å². The molecule has 2 amide bonds. The van der Waals surface area contributed by atoms with E-state index in [1.54, 1.807) is 6.07 Å². The Kier molecular flexibility index (Phi) is 8.39. The molecule has 28 heavy (non-hydrogen) atoms. The summed E-state index contributed by atoms with van der Waals surface area (Å²) in [5.74, 6) is 0.884. The molecule has 150 valence electrons. The average Bonchev–Trinajstić information content (AvgIpc) is 2.67. The van der Waals surface area contributed by atoms with Crippen molar-refractivity contribution >= 4 is 23.6 Å². The minimum absolute atomic E-state index is 0.0435. The van der Waals surface area contributed by atoms with E-state index >= 15 is 0 Å². The second-order valence-electron chi connectivity index (χ2n) is 6.70. The van der Waals surface area contributed by atoms with Gasteiger partial charge in [0.2, 0.25) is 5.91 Å². The number of ether oxygens (including phenoxy) is 1. The highest BCUT2D eigenvalue weighted by atomic mass is 32.2. The number of carbonyl (C=O) groups is 2. The van der Waals surface area contributed by atoms with Crippen LogP contribution in [0, 0.1) is 0 Å². The molecule has 0 radical (unpaired) electrons. The molecular formula is C22H28N2O3S. The summed E-state index contributed by atoms with van der Waals surface area (Å²) in [6, 6.07) is 15.0. The monoisotopic (exact) mass is 400 g/mol. The normalized spacial score (nSPS) is 11.8. The van der Waals surface area contributed by atoms with Crippen LogP contribution in [0.1, 0.15) is 49.7 Å². The van der Waals surface area contributed by atoms with Gasteiger partial charge in [0.05, 0.1) is 24.0 Å². The summed E-state index contributed by atoms with van der Waals surface area (Å²) in [4.78, 5) is 25.5. The van der Waals surface area contributed by atoms with Crippen molar-refractivity contribution in [1.29, 1.82) is 0 Å². The molecule has 1 unspecified atom stereocenters. The summed E-state index contributed by atoms with van der Waals surface area (Å²) in [5, 5.41) is 5.89. The van der Waals surface area contributed by atoms with Crippen LogP contribution < -0.4 is 15.4 Å². The molecule has 0 aliphatic heterocycles. The van der Waals surface area contributed by atoms with Gasteiger partial charge in [-0.15, -0.1) is 11.8 Å². The highest BCUT2D eigenvalue weighted by Gasteiger charge is 2.16. The van der Waals surface area contributed by atoms with Crippen molar-refractivity contribution in [1.82, 2.24) is 10.6 Å². The van der Waals surface area contributed by atoms with Crippen LogP contribution in [-0.4, -0.2) is 30.2 Å². The van der Waals surface area contributed by atoms with Crippen LogP contribution in [0.4, 0.5) is 0 Å². The SMILES string of the molecule is CCOc1ccc(C(C)NC(=O)c2ccccc2SCC(=O)NC(C)C)cc1. The Bertz CT molecular complexity index is 791. The molecule has 2 rings (SSSR count). The quantitative estimate of drug-likeness (QED) is 0.619. The number of amides is 2. The topological polar surface area (TPSA) is 67.4 Å². The van der Waals surface area contributed by atoms with Crippen LogP contribution in [0.2, 0.25) is 0 Å². The van der Waals surface area contributed by atoms with Crippen molar-refractivity contribution in [3.05, 3.63) is 59.7 Å². The van der Waals surface area contributed by atoms with Gasteiger partial charge in [-0.25, -0.2) is 0 Å². The zero-order chi connectivity index (χ0) is 20.5. The molecule has 0 fully saturated rings. The first kappa shape index (κ1) is 21.8. The van der Waals surface area contributed by atoms with Crippen LogP contribution in [0.5, 0.6) is 5.75 Å². The fourth-order valence-electron chi connectivity index (χ4n) is 2.66. The lowest BCUT2D eigenvalue weighted by atomic mass is 10.1. The molecule has 6 heteroatoms. The molecular weight excluding hydrogens is 372 g/mol. The van der Waals surface area contributed by atoms with Crippen LogP contribution in [0.3, 0.4) is 0 Å². The van der Waals surface area contributed by atoms with Gasteiger partial charge < -0.3 is 15.4 Å². The third-order valence-corrected chi connectivity index (χ3v) is 5.05. The molecule has 0 aliphatic carbocycles. The van der Waals surface area contributed by atoms with Crippen molar-refractivity contribution < 1.29 is 14.3 Å². The minimum atomic E-state index is -0.159. The molecule has 2 N–H and O–H groups in total. The van der Waals surface area contributed by atoms with Crippen molar-refractivity contribution in [2.24, 2.45) is 0 Å². The Hall–Kier alpha value is -2.47. The molecule has 0 aliphatic rings. The molecule has 2 aromatic rings. The molecule has 0 bridgehead atoms. The fraction of sp³-hybridized carbons (Fsp3) is 0.364. The van der Waals surface area contributed by atoms with Gasteiger partial charge in [-0.2, -0.15) is 0 Å². The second-order valence-corrected chi connectivity index (χ2v) is 7.72. The van der Waals surface area contributed by atoms with Gasteiger partial charge in [-0.05, 0) is 57.5 Å². The van der Waals surface area contributed by atoms with Crippen LogP contribution in [-0.2, 0) is 4.79 Å². The molecule has 0 spiro atoms. The molecule has 0 heterocycles. The van der Waals surface area contributed by atoms with Gasteiger partial charge in [0, 0.05) is 10.9 Å². The number of nitrogens with one attached hydrogen (secondary N) is 2. The highest BCUT2D eigenvalue weighted by Crippen LogP contribution is 2.24. The van der Waals surface area contributed by atoms with Crippen LogP contribution >= 0.6 is 11.8 Å². The summed E-state index contributed by atoms with van der Waals surface area (Å²) < 4.78 is 5.45. The van der Waals surface area contributed by atoms with Gasteiger partial charge in [-0.3, -0.25) is 9.59 Å². The zero-order valence-corrected chi connectivity index (χ0v) is 17.6. The Morgan fingerprint density at radius 1 is 1.00 bits per heavy atom. The maximum Gasteiger partial charge on any atom is 0.252 e.